The summed E-state index contributed by atoms with van der Waals surface area (Å²) in [5.74, 6) is -2.58. The Morgan fingerprint density at radius 2 is 2.00 bits per heavy atom. The van der Waals surface area contributed by atoms with E-state index < -0.39 is 17.7 Å². The van der Waals surface area contributed by atoms with Crippen LogP contribution in [0.1, 0.15) is 26.5 Å². The van der Waals surface area contributed by atoms with Gasteiger partial charge < -0.3 is 10.4 Å². The van der Waals surface area contributed by atoms with E-state index in [1.54, 1.807) is 6.92 Å². The smallest absolute Gasteiger partial charge is 0.337 e. The van der Waals surface area contributed by atoms with Crippen molar-refractivity contribution in [1.82, 2.24) is 9.97 Å². The van der Waals surface area contributed by atoms with Crippen LogP contribution in [0.4, 0.5) is 10.1 Å². The number of nitrogens with zero attached hydrogens (tertiary/aromatic N) is 2. The summed E-state index contributed by atoms with van der Waals surface area (Å²) in [7, 11) is 0. The molecule has 2 rings (SSSR count). The largest absolute Gasteiger partial charge is 0.478 e. The Labute approximate surface area is 113 Å². The van der Waals surface area contributed by atoms with Crippen LogP contribution in [0.15, 0.2) is 30.6 Å². The normalized spacial score (nSPS) is 10.1. The second-order valence-corrected chi connectivity index (χ2v) is 3.99. The van der Waals surface area contributed by atoms with Crippen LogP contribution in [0.5, 0.6) is 0 Å². The molecule has 0 bridgehead atoms. The molecule has 2 aromatic rings. The van der Waals surface area contributed by atoms with E-state index in [2.05, 4.69) is 15.3 Å². The molecular formula is C13H10FN3O3. The van der Waals surface area contributed by atoms with Crippen molar-refractivity contribution in [2.24, 2.45) is 0 Å². The van der Waals surface area contributed by atoms with Gasteiger partial charge in [0.15, 0.2) is 0 Å². The molecular weight excluding hydrogens is 265 g/mol. The molecule has 0 saturated carbocycles. The zero-order chi connectivity index (χ0) is 14.7. The summed E-state index contributed by atoms with van der Waals surface area (Å²) in [5.41, 5.74) is 0.305. The van der Waals surface area contributed by atoms with Gasteiger partial charge in [-0.25, -0.2) is 14.2 Å². The summed E-state index contributed by atoms with van der Waals surface area (Å²) in [4.78, 5) is 30.6. The Balaban J connectivity index is 2.29. The van der Waals surface area contributed by atoms with Gasteiger partial charge in [-0.05, 0) is 25.1 Å². The van der Waals surface area contributed by atoms with Crippen molar-refractivity contribution < 1.29 is 19.1 Å². The lowest BCUT2D eigenvalue weighted by molar-refractivity contribution is 0.0698. The van der Waals surface area contributed by atoms with Gasteiger partial charge in [0.25, 0.3) is 5.91 Å². The predicted molar refractivity (Wildman–Crippen MR) is 68.1 cm³/mol. The van der Waals surface area contributed by atoms with Crippen molar-refractivity contribution in [1.29, 1.82) is 0 Å². The highest BCUT2D eigenvalue weighted by atomic mass is 19.1. The number of aromatic nitrogens is 2. The van der Waals surface area contributed by atoms with E-state index in [1.165, 1.54) is 12.4 Å². The Bertz CT molecular complexity index is 671. The van der Waals surface area contributed by atoms with Crippen molar-refractivity contribution in [2.75, 3.05) is 5.32 Å². The lowest BCUT2D eigenvalue weighted by Crippen LogP contribution is -2.16. The molecule has 1 aromatic carbocycles. The van der Waals surface area contributed by atoms with Crippen LogP contribution in [0.3, 0.4) is 0 Å². The maximum Gasteiger partial charge on any atom is 0.337 e. The fourth-order valence-electron chi connectivity index (χ4n) is 1.50. The van der Waals surface area contributed by atoms with Crippen LogP contribution in [-0.2, 0) is 0 Å². The molecule has 0 atom stereocenters. The molecule has 6 nitrogen and oxygen atoms in total. The summed E-state index contributed by atoms with van der Waals surface area (Å²) in [6.07, 6.45) is 2.66. The van der Waals surface area contributed by atoms with E-state index in [4.69, 9.17) is 5.11 Å². The van der Waals surface area contributed by atoms with Crippen molar-refractivity contribution in [2.45, 2.75) is 6.92 Å². The molecule has 2 N–H and O–H groups in total. The van der Waals surface area contributed by atoms with E-state index in [0.29, 0.717) is 5.69 Å². The average molecular weight is 275 g/mol. The van der Waals surface area contributed by atoms with Crippen molar-refractivity contribution in [3.05, 3.63) is 53.4 Å². The Kier molecular flexibility index (Phi) is 3.69. The molecule has 20 heavy (non-hydrogen) atoms. The maximum atomic E-state index is 13.1. The minimum absolute atomic E-state index is 0.0104. The van der Waals surface area contributed by atoms with Crippen LogP contribution in [0.2, 0.25) is 0 Å². The Morgan fingerprint density at radius 1 is 1.25 bits per heavy atom. The lowest BCUT2D eigenvalue weighted by Gasteiger charge is -2.08. The molecule has 0 radical (unpaired) electrons. The van der Waals surface area contributed by atoms with Crippen LogP contribution < -0.4 is 5.32 Å². The number of aromatic carboxylic acids is 1. The molecule has 1 amide bonds. The van der Waals surface area contributed by atoms with Gasteiger partial charge in [0.2, 0.25) is 0 Å². The summed E-state index contributed by atoms with van der Waals surface area (Å²) >= 11 is 0. The summed E-state index contributed by atoms with van der Waals surface area (Å²) in [5, 5.41) is 11.3. The topological polar surface area (TPSA) is 92.2 Å². The first-order chi connectivity index (χ1) is 9.47. The van der Waals surface area contributed by atoms with Gasteiger partial charge >= 0.3 is 5.97 Å². The maximum absolute atomic E-state index is 13.1. The quantitative estimate of drug-likeness (QED) is 0.892. The van der Waals surface area contributed by atoms with Gasteiger partial charge in [0.1, 0.15) is 11.5 Å². The van der Waals surface area contributed by atoms with Gasteiger partial charge in [-0.15, -0.1) is 0 Å². The fraction of sp³-hybridized carbons (Fsp3) is 0.0769. The van der Waals surface area contributed by atoms with Crippen molar-refractivity contribution in [3.63, 3.8) is 0 Å². The average Bonchev–Trinajstić information content (AvgIpc) is 2.39. The first-order valence-corrected chi connectivity index (χ1v) is 5.60. The van der Waals surface area contributed by atoms with Crippen LogP contribution in [-0.4, -0.2) is 27.0 Å². The predicted octanol–water partition coefficient (Wildman–Crippen LogP) is 1.87. The number of carbonyl (C=O) groups excluding carboxylic acids is 1. The SMILES string of the molecule is Cc1cnc(C(=O)Nc2cc(F)ccc2C(=O)O)cn1. The molecule has 0 spiro atoms. The molecule has 0 saturated heterocycles. The third-order valence-corrected chi connectivity index (χ3v) is 2.47. The van der Waals surface area contributed by atoms with Gasteiger partial charge in [-0.2, -0.15) is 0 Å². The minimum atomic E-state index is -1.27. The van der Waals surface area contributed by atoms with E-state index in [0.717, 1.165) is 18.2 Å². The molecule has 0 aliphatic rings. The highest BCUT2D eigenvalue weighted by Crippen LogP contribution is 2.18. The summed E-state index contributed by atoms with van der Waals surface area (Å²) in [6, 6.07) is 3.02. The second-order valence-electron chi connectivity index (χ2n) is 3.99. The van der Waals surface area contributed by atoms with E-state index >= 15 is 0 Å². The Morgan fingerprint density at radius 3 is 2.60 bits per heavy atom. The molecule has 0 fully saturated rings. The van der Waals surface area contributed by atoms with Gasteiger partial charge in [0, 0.05) is 6.20 Å². The first-order valence-electron chi connectivity index (χ1n) is 5.60. The Hall–Kier alpha value is -2.83. The van der Waals surface area contributed by atoms with Gasteiger partial charge in [-0.1, -0.05) is 0 Å². The fourth-order valence-corrected chi connectivity index (χ4v) is 1.50. The third kappa shape index (κ3) is 2.94. The van der Waals surface area contributed by atoms with Gasteiger partial charge in [-0.3, -0.25) is 9.78 Å². The summed E-state index contributed by atoms with van der Waals surface area (Å²) in [6.45, 7) is 1.71. The number of hydrogen-bond acceptors (Lipinski definition) is 4. The molecule has 0 unspecified atom stereocenters. The van der Waals surface area contributed by atoms with Crippen molar-refractivity contribution in [3.8, 4) is 0 Å². The van der Waals surface area contributed by atoms with Crippen LogP contribution in [0, 0.1) is 12.7 Å². The number of rotatable bonds is 3. The second kappa shape index (κ2) is 5.43. The number of hydrogen-bond donors (Lipinski definition) is 2. The zero-order valence-corrected chi connectivity index (χ0v) is 10.4. The number of nitrogens with one attached hydrogen (secondary N) is 1. The number of benzene rings is 1. The number of anilines is 1. The highest BCUT2D eigenvalue weighted by molar-refractivity contribution is 6.06. The number of amides is 1. The number of carbonyl (C=O) groups is 2. The van der Waals surface area contributed by atoms with E-state index in [-0.39, 0.29) is 16.9 Å². The third-order valence-electron chi connectivity index (χ3n) is 2.47. The standard InChI is InChI=1S/C13H10FN3O3/c1-7-5-16-11(6-15-7)12(18)17-10-4-8(14)2-3-9(10)13(19)20/h2-6H,1H3,(H,17,18)(H,19,20). The minimum Gasteiger partial charge on any atom is -0.478 e. The zero-order valence-electron chi connectivity index (χ0n) is 10.4. The monoisotopic (exact) mass is 275 g/mol. The van der Waals surface area contributed by atoms with Gasteiger partial charge in [0.05, 0.1) is 23.1 Å². The highest BCUT2D eigenvalue weighted by Gasteiger charge is 2.15. The number of halogens is 1. The molecule has 102 valence electrons. The first kappa shape index (κ1) is 13.6. The molecule has 0 aliphatic heterocycles. The number of carboxylic acids is 1. The molecule has 0 aliphatic carbocycles. The number of aryl methyl sites for hydroxylation is 1. The summed E-state index contributed by atoms with van der Waals surface area (Å²) < 4.78 is 13.1. The molecule has 7 heteroatoms. The van der Waals surface area contributed by atoms with E-state index in [9.17, 15) is 14.0 Å². The number of carboxylic acid groups (broad SMARTS) is 1. The lowest BCUT2D eigenvalue weighted by atomic mass is 10.1. The van der Waals surface area contributed by atoms with Crippen LogP contribution >= 0.6 is 0 Å². The molecule has 1 heterocycles. The molecule has 1 aromatic heterocycles. The van der Waals surface area contributed by atoms with Crippen LogP contribution in [0.25, 0.3) is 0 Å². The van der Waals surface area contributed by atoms with Crippen molar-refractivity contribution >= 4 is 17.6 Å². The van der Waals surface area contributed by atoms with E-state index in [1.807, 2.05) is 0 Å².